The smallest absolute Gasteiger partial charge is 0.360 e. The van der Waals surface area contributed by atoms with Crippen LogP contribution < -0.4 is 0 Å². The first-order valence-electron chi connectivity index (χ1n) is 9.94. The number of hydrogen-bond acceptors (Lipinski definition) is 10. The topological polar surface area (TPSA) is 146 Å². The van der Waals surface area contributed by atoms with E-state index in [2.05, 4.69) is 15.2 Å². The molecular weight excluding hydrogens is 440 g/mol. The molecule has 3 aromatic heterocycles. The summed E-state index contributed by atoms with van der Waals surface area (Å²) in [5.41, 5.74) is 0.667. The number of piperidine rings is 1. The second-order valence-corrected chi connectivity index (χ2v) is 8.09. The van der Waals surface area contributed by atoms with E-state index in [1.165, 1.54) is 30.6 Å². The van der Waals surface area contributed by atoms with E-state index >= 15 is 0 Å². The van der Waals surface area contributed by atoms with Gasteiger partial charge < -0.3 is 24.3 Å². The molecule has 0 radical (unpaired) electrons. The summed E-state index contributed by atoms with van der Waals surface area (Å²) in [7, 11) is 1.44. The Morgan fingerprint density at radius 1 is 1.38 bits per heavy atom. The van der Waals surface area contributed by atoms with Crippen molar-refractivity contribution in [2.45, 2.75) is 25.7 Å². The molecule has 168 valence electrons. The summed E-state index contributed by atoms with van der Waals surface area (Å²) in [6.45, 7) is 2.87. The Bertz CT molecular complexity index is 1160. The standard InChI is InChI=1S/C19H20N6O6S/c1-3-30-19(27)13-8-15(31-22-13)14-10-32-16(21-14)11-4-6-24(7-5-11)18(26)12-9-20-23(2)17(12)25(28)29/h8-11H,3-7H2,1-2H3. The minimum atomic E-state index is -0.596. The van der Waals surface area contributed by atoms with Gasteiger partial charge in [-0.25, -0.2) is 9.78 Å². The van der Waals surface area contributed by atoms with Crippen molar-refractivity contribution in [3.8, 4) is 11.5 Å². The number of nitro groups is 1. The van der Waals surface area contributed by atoms with Crippen LogP contribution in [0, 0.1) is 10.1 Å². The minimum absolute atomic E-state index is 0.00444. The summed E-state index contributed by atoms with van der Waals surface area (Å²) in [6, 6.07) is 1.50. The van der Waals surface area contributed by atoms with Crippen LogP contribution in [0.2, 0.25) is 0 Å². The summed E-state index contributed by atoms with van der Waals surface area (Å²) >= 11 is 1.47. The molecule has 0 unspecified atom stereocenters. The number of rotatable bonds is 6. The van der Waals surface area contributed by atoms with E-state index in [0.29, 0.717) is 37.4 Å². The van der Waals surface area contributed by atoms with Gasteiger partial charge in [-0.05, 0) is 24.7 Å². The molecule has 0 aliphatic carbocycles. The molecule has 0 bridgehead atoms. The van der Waals surface area contributed by atoms with Gasteiger partial charge in [0.25, 0.3) is 5.91 Å². The molecule has 0 saturated carbocycles. The number of carbonyl (C=O) groups excluding carboxylic acids is 2. The van der Waals surface area contributed by atoms with Crippen LogP contribution in [0.4, 0.5) is 5.82 Å². The Hall–Kier alpha value is -3.61. The van der Waals surface area contributed by atoms with E-state index in [9.17, 15) is 19.7 Å². The summed E-state index contributed by atoms with van der Waals surface area (Å²) in [4.78, 5) is 41.4. The van der Waals surface area contributed by atoms with Crippen LogP contribution in [0.1, 0.15) is 51.5 Å². The maximum Gasteiger partial charge on any atom is 0.360 e. The van der Waals surface area contributed by atoms with Crippen LogP contribution in [-0.2, 0) is 11.8 Å². The van der Waals surface area contributed by atoms with Gasteiger partial charge in [-0.15, -0.1) is 16.0 Å². The summed E-state index contributed by atoms with van der Waals surface area (Å²) in [5, 5.41) is 21.6. The van der Waals surface area contributed by atoms with Crippen molar-refractivity contribution in [3.05, 3.63) is 44.0 Å². The molecule has 4 heterocycles. The second-order valence-electron chi connectivity index (χ2n) is 7.20. The molecule has 0 N–H and O–H groups in total. The van der Waals surface area contributed by atoms with Crippen LogP contribution in [-0.4, -0.2) is 61.3 Å². The first-order valence-corrected chi connectivity index (χ1v) is 10.8. The van der Waals surface area contributed by atoms with E-state index in [-0.39, 0.29) is 29.6 Å². The molecule has 1 aliphatic rings. The zero-order chi connectivity index (χ0) is 22.8. The molecule has 3 aromatic rings. The lowest BCUT2D eigenvalue weighted by atomic mass is 9.97. The third kappa shape index (κ3) is 4.10. The maximum atomic E-state index is 12.8. The lowest BCUT2D eigenvalue weighted by Crippen LogP contribution is -2.38. The quantitative estimate of drug-likeness (QED) is 0.307. The molecule has 1 aliphatic heterocycles. The lowest BCUT2D eigenvalue weighted by Gasteiger charge is -2.30. The Morgan fingerprint density at radius 3 is 2.81 bits per heavy atom. The average molecular weight is 460 g/mol. The molecule has 0 spiro atoms. The van der Waals surface area contributed by atoms with Gasteiger partial charge in [0.15, 0.2) is 17.0 Å². The monoisotopic (exact) mass is 460 g/mol. The van der Waals surface area contributed by atoms with Crippen LogP contribution >= 0.6 is 11.3 Å². The van der Waals surface area contributed by atoms with Crippen molar-refractivity contribution < 1.29 is 23.8 Å². The third-order valence-corrected chi connectivity index (χ3v) is 6.22. The van der Waals surface area contributed by atoms with Crippen LogP contribution in [0.3, 0.4) is 0 Å². The van der Waals surface area contributed by atoms with Crippen LogP contribution in [0.15, 0.2) is 22.2 Å². The van der Waals surface area contributed by atoms with Gasteiger partial charge in [-0.3, -0.25) is 4.79 Å². The van der Waals surface area contributed by atoms with E-state index in [4.69, 9.17) is 9.26 Å². The predicted molar refractivity (Wildman–Crippen MR) is 111 cm³/mol. The number of ether oxygens (including phenoxy) is 1. The molecule has 1 saturated heterocycles. The largest absolute Gasteiger partial charge is 0.461 e. The number of carbonyl (C=O) groups is 2. The molecule has 13 heteroatoms. The van der Waals surface area contributed by atoms with Gasteiger partial charge in [0.1, 0.15) is 12.7 Å². The number of likely N-dealkylation sites (tertiary alicyclic amines) is 1. The minimum Gasteiger partial charge on any atom is -0.461 e. The molecule has 32 heavy (non-hydrogen) atoms. The number of esters is 1. The lowest BCUT2D eigenvalue weighted by molar-refractivity contribution is -0.392. The molecular formula is C19H20N6O6S. The number of amides is 1. The molecule has 12 nitrogen and oxygen atoms in total. The summed E-state index contributed by atoms with van der Waals surface area (Å²) in [6.07, 6.45) is 2.59. The zero-order valence-electron chi connectivity index (χ0n) is 17.4. The van der Waals surface area contributed by atoms with E-state index in [1.807, 2.05) is 5.38 Å². The molecule has 1 fully saturated rings. The molecule has 0 atom stereocenters. The number of hydrogen-bond donors (Lipinski definition) is 0. The van der Waals surface area contributed by atoms with Gasteiger partial charge in [0.05, 0.1) is 17.8 Å². The van der Waals surface area contributed by atoms with Crippen molar-refractivity contribution in [1.29, 1.82) is 0 Å². The van der Waals surface area contributed by atoms with Crippen LogP contribution in [0.25, 0.3) is 11.5 Å². The highest BCUT2D eigenvalue weighted by Gasteiger charge is 2.32. The maximum absolute atomic E-state index is 12.8. The molecule has 4 rings (SSSR count). The van der Waals surface area contributed by atoms with E-state index < -0.39 is 16.8 Å². The normalized spacial score (nSPS) is 14.5. The fourth-order valence-electron chi connectivity index (χ4n) is 3.58. The second kappa shape index (κ2) is 8.86. The fourth-order valence-corrected chi connectivity index (χ4v) is 4.56. The zero-order valence-corrected chi connectivity index (χ0v) is 18.2. The number of thiazole rings is 1. The van der Waals surface area contributed by atoms with Gasteiger partial charge >= 0.3 is 11.8 Å². The SMILES string of the molecule is CCOC(=O)c1cc(-c2csc(C3CCN(C(=O)c4cnn(C)c4[N+](=O)[O-])CC3)n2)on1. The van der Waals surface area contributed by atoms with E-state index in [0.717, 1.165) is 9.69 Å². The number of aromatic nitrogens is 4. The molecule has 1 amide bonds. The van der Waals surface area contributed by atoms with Gasteiger partial charge in [-0.2, -0.15) is 0 Å². The summed E-state index contributed by atoms with van der Waals surface area (Å²) in [5.74, 6) is -0.725. The first-order chi connectivity index (χ1) is 15.4. The Kier molecular flexibility index (Phi) is 5.99. The van der Waals surface area contributed by atoms with Gasteiger partial charge in [0, 0.05) is 30.5 Å². The fraction of sp³-hybridized carbons (Fsp3) is 0.421. The van der Waals surface area contributed by atoms with Crippen molar-refractivity contribution in [1.82, 2.24) is 24.8 Å². The number of nitrogens with zero attached hydrogens (tertiary/aromatic N) is 6. The Morgan fingerprint density at radius 2 is 2.12 bits per heavy atom. The van der Waals surface area contributed by atoms with Crippen molar-refractivity contribution >= 4 is 29.0 Å². The van der Waals surface area contributed by atoms with Crippen molar-refractivity contribution in [2.75, 3.05) is 19.7 Å². The highest BCUT2D eigenvalue weighted by Crippen LogP contribution is 2.34. The summed E-state index contributed by atoms with van der Waals surface area (Å²) < 4.78 is 11.2. The number of aryl methyl sites for hydroxylation is 1. The third-order valence-electron chi connectivity index (χ3n) is 5.21. The van der Waals surface area contributed by atoms with Crippen molar-refractivity contribution in [3.63, 3.8) is 0 Å². The van der Waals surface area contributed by atoms with Gasteiger partial charge in [0.2, 0.25) is 0 Å². The van der Waals surface area contributed by atoms with Crippen molar-refractivity contribution in [2.24, 2.45) is 7.05 Å². The Labute approximate surface area is 185 Å². The average Bonchev–Trinajstić information content (AvgIpc) is 3.52. The van der Waals surface area contributed by atoms with E-state index in [1.54, 1.807) is 11.8 Å². The highest BCUT2D eigenvalue weighted by molar-refractivity contribution is 7.10. The van der Waals surface area contributed by atoms with Gasteiger partial charge in [-0.1, -0.05) is 10.3 Å². The first kappa shape index (κ1) is 21.6. The highest BCUT2D eigenvalue weighted by atomic mass is 32.1. The molecule has 0 aromatic carbocycles. The Balaban J connectivity index is 1.40. The predicted octanol–water partition coefficient (Wildman–Crippen LogP) is 2.64. The van der Waals surface area contributed by atoms with Crippen LogP contribution in [0.5, 0.6) is 0 Å².